The van der Waals surface area contributed by atoms with Crippen molar-refractivity contribution in [3.63, 3.8) is 0 Å². The van der Waals surface area contributed by atoms with Gasteiger partial charge in [0.15, 0.2) is 5.58 Å². The Bertz CT molecular complexity index is 689. The van der Waals surface area contributed by atoms with E-state index in [9.17, 15) is 0 Å². The molecule has 90 valence electrons. The summed E-state index contributed by atoms with van der Waals surface area (Å²) < 4.78 is 6.75. The van der Waals surface area contributed by atoms with Crippen LogP contribution in [0.5, 0.6) is 0 Å². The van der Waals surface area contributed by atoms with E-state index in [1.165, 1.54) is 5.56 Å². The van der Waals surface area contributed by atoms with Crippen molar-refractivity contribution in [2.45, 2.75) is 5.33 Å². The topological polar surface area (TPSA) is 26.0 Å². The average molecular weight is 367 g/mol. The molecular weight excluding hydrogens is 358 g/mol. The molecule has 2 aromatic carbocycles. The second-order valence-corrected chi connectivity index (χ2v) is 5.44. The van der Waals surface area contributed by atoms with Gasteiger partial charge in [0.25, 0.3) is 0 Å². The number of alkyl halides is 1. The Balaban J connectivity index is 2.07. The van der Waals surface area contributed by atoms with Crippen LogP contribution in [0.25, 0.3) is 22.6 Å². The van der Waals surface area contributed by atoms with E-state index >= 15 is 0 Å². The number of halogens is 2. The van der Waals surface area contributed by atoms with Crippen molar-refractivity contribution in [1.82, 2.24) is 4.98 Å². The minimum Gasteiger partial charge on any atom is -0.436 e. The van der Waals surface area contributed by atoms with Gasteiger partial charge in [-0.2, -0.15) is 0 Å². The van der Waals surface area contributed by atoms with Crippen LogP contribution in [0.2, 0.25) is 0 Å². The molecule has 0 aliphatic rings. The van der Waals surface area contributed by atoms with Crippen molar-refractivity contribution in [3.8, 4) is 11.5 Å². The molecule has 0 atom stereocenters. The highest BCUT2D eigenvalue weighted by molar-refractivity contribution is 9.10. The summed E-state index contributed by atoms with van der Waals surface area (Å²) in [7, 11) is 0. The maximum absolute atomic E-state index is 5.76. The molecule has 18 heavy (non-hydrogen) atoms. The first-order valence-corrected chi connectivity index (χ1v) is 7.39. The fraction of sp³-hybridized carbons (Fsp3) is 0.0714. The Morgan fingerprint density at radius 1 is 1.06 bits per heavy atom. The van der Waals surface area contributed by atoms with Crippen LogP contribution in [0.3, 0.4) is 0 Å². The van der Waals surface area contributed by atoms with Crippen LogP contribution in [-0.4, -0.2) is 4.98 Å². The molecule has 0 amide bonds. The maximum atomic E-state index is 5.76. The summed E-state index contributed by atoms with van der Waals surface area (Å²) in [5.74, 6) is 0.657. The lowest BCUT2D eigenvalue weighted by Gasteiger charge is -1.97. The van der Waals surface area contributed by atoms with E-state index in [1.54, 1.807) is 0 Å². The van der Waals surface area contributed by atoms with Gasteiger partial charge in [0.05, 0.1) is 0 Å². The molecular formula is C14H9Br2NO. The summed E-state index contributed by atoms with van der Waals surface area (Å²) in [6.07, 6.45) is 0. The molecule has 0 aliphatic heterocycles. The van der Waals surface area contributed by atoms with Crippen LogP contribution in [-0.2, 0) is 5.33 Å². The predicted molar refractivity (Wildman–Crippen MR) is 79.8 cm³/mol. The number of nitrogens with zero attached hydrogens (tertiary/aromatic N) is 1. The molecule has 0 saturated carbocycles. The highest BCUT2D eigenvalue weighted by Crippen LogP contribution is 2.26. The number of aromatic nitrogens is 1. The zero-order chi connectivity index (χ0) is 12.5. The van der Waals surface area contributed by atoms with E-state index < -0.39 is 0 Å². The van der Waals surface area contributed by atoms with E-state index in [2.05, 4.69) is 49.0 Å². The molecule has 1 aromatic heterocycles. The third-order valence-corrected chi connectivity index (χ3v) is 3.85. The van der Waals surface area contributed by atoms with E-state index in [1.807, 2.05) is 30.3 Å². The number of rotatable bonds is 2. The summed E-state index contributed by atoms with van der Waals surface area (Å²) >= 11 is 6.85. The third kappa shape index (κ3) is 2.22. The van der Waals surface area contributed by atoms with Crippen molar-refractivity contribution in [1.29, 1.82) is 0 Å². The minimum absolute atomic E-state index is 0.657. The summed E-state index contributed by atoms with van der Waals surface area (Å²) in [6, 6.07) is 14.0. The molecule has 0 unspecified atom stereocenters. The lowest BCUT2D eigenvalue weighted by Crippen LogP contribution is -1.79. The van der Waals surface area contributed by atoms with Gasteiger partial charge >= 0.3 is 0 Å². The smallest absolute Gasteiger partial charge is 0.227 e. The molecule has 0 saturated heterocycles. The van der Waals surface area contributed by atoms with Crippen molar-refractivity contribution in [2.24, 2.45) is 0 Å². The van der Waals surface area contributed by atoms with Gasteiger partial charge in [0, 0.05) is 15.4 Å². The van der Waals surface area contributed by atoms with Crippen LogP contribution in [0.4, 0.5) is 0 Å². The number of benzene rings is 2. The number of oxazole rings is 1. The Labute approximate surface area is 121 Å². The molecule has 0 spiro atoms. The number of hydrogen-bond donors (Lipinski definition) is 0. The summed E-state index contributed by atoms with van der Waals surface area (Å²) in [5.41, 5.74) is 3.89. The first-order valence-electron chi connectivity index (χ1n) is 5.47. The van der Waals surface area contributed by atoms with Gasteiger partial charge in [-0.3, -0.25) is 0 Å². The Morgan fingerprint density at radius 2 is 1.83 bits per heavy atom. The lowest BCUT2D eigenvalue weighted by atomic mass is 10.1. The third-order valence-electron chi connectivity index (χ3n) is 2.71. The van der Waals surface area contributed by atoms with E-state index in [0.717, 1.165) is 26.5 Å². The number of hydrogen-bond acceptors (Lipinski definition) is 2. The van der Waals surface area contributed by atoms with E-state index in [-0.39, 0.29) is 0 Å². The second-order valence-electron chi connectivity index (χ2n) is 3.96. The van der Waals surface area contributed by atoms with Crippen LogP contribution in [0.1, 0.15) is 5.56 Å². The van der Waals surface area contributed by atoms with Crippen LogP contribution < -0.4 is 0 Å². The predicted octanol–water partition coefficient (Wildman–Crippen LogP) is 5.15. The Kier molecular flexibility index (Phi) is 3.22. The zero-order valence-electron chi connectivity index (χ0n) is 9.36. The van der Waals surface area contributed by atoms with Crippen molar-refractivity contribution < 1.29 is 4.42 Å². The van der Waals surface area contributed by atoms with Gasteiger partial charge in [-0.05, 0) is 35.9 Å². The first kappa shape index (κ1) is 11.9. The summed E-state index contributed by atoms with van der Waals surface area (Å²) in [4.78, 5) is 4.48. The quantitative estimate of drug-likeness (QED) is 0.586. The van der Waals surface area contributed by atoms with E-state index in [4.69, 9.17) is 4.42 Å². The molecule has 4 heteroatoms. The Hall–Kier alpha value is -1.13. The maximum Gasteiger partial charge on any atom is 0.227 e. The molecule has 0 aliphatic carbocycles. The van der Waals surface area contributed by atoms with Crippen LogP contribution >= 0.6 is 31.9 Å². The van der Waals surface area contributed by atoms with Gasteiger partial charge in [-0.15, -0.1) is 0 Å². The zero-order valence-corrected chi connectivity index (χ0v) is 12.5. The van der Waals surface area contributed by atoms with Gasteiger partial charge in [0.1, 0.15) is 5.52 Å². The first-order chi connectivity index (χ1) is 8.76. The second kappa shape index (κ2) is 4.86. The highest BCUT2D eigenvalue weighted by atomic mass is 79.9. The molecule has 0 radical (unpaired) electrons. The molecule has 3 aromatic rings. The molecule has 1 heterocycles. The van der Waals surface area contributed by atoms with Gasteiger partial charge in [0.2, 0.25) is 5.89 Å². The van der Waals surface area contributed by atoms with Crippen LogP contribution in [0, 0.1) is 0 Å². The monoisotopic (exact) mass is 365 g/mol. The molecule has 3 rings (SSSR count). The minimum atomic E-state index is 0.657. The van der Waals surface area contributed by atoms with Crippen LogP contribution in [0.15, 0.2) is 51.4 Å². The fourth-order valence-corrected chi connectivity index (χ4v) is 2.47. The lowest BCUT2D eigenvalue weighted by molar-refractivity contribution is 0.619. The Morgan fingerprint density at radius 3 is 2.56 bits per heavy atom. The summed E-state index contributed by atoms with van der Waals surface area (Å²) in [6.45, 7) is 0. The molecule has 0 bridgehead atoms. The van der Waals surface area contributed by atoms with Gasteiger partial charge < -0.3 is 4.42 Å². The summed E-state index contributed by atoms with van der Waals surface area (Å²) in [5, 5.41) is 0.855. The fourth-order valence-electron chi connectivity index (χ4n) is 1.76. The van der Waals surface area contributed by atoms with Crippen molar-refractivity contribution >= 4 is 43.0 Å². The normalized spacial score (nSPS) is 11.0. The van der Waals surface area contributed by atoms with Gasteiger partial charge in [-0.1, -0.05) is 44.0 Å². The van der Waals surface area contributed by atoms with Crippen molar-refractivity contribution in [2.75, 3.05) is 0 Å². The van der Waals surface area contributed by atoms with E-state index in [0.29, 0.717) is 5.89 Å². The molecule has 0 N–H and O–H groups in total. The SMILES string of the molecule is BrCc1ccc(-c2nc3ccc(Br)cc3o2)cc1. The van der Waals surface area contributed by atoms with Crippen molar-refractivity contribution in [3.05, 3.63) is 52.5 Å². The standard InChI is InChI=1S/C14H9Br2NO/c15-8-9-1-3-10(4-2-9)14-17-12-6-5-11(16)7-13(12)18-14/h1-7H,8H2. The highest BCUT2D eigenvalue weighted by Gasteiger charge is 2.08. The largest absolute Gasteiger partial charge is 0.436 e. The van der Waals surface area contributed by atoms with Gasteiger partial charge in [-0.25, -0.2) is 4.98 Å². The molecule has 0 fully saturated rings. The number of fused-ring (bicyclic) bond motifs is 1. The average Bonchev–Trinajstić information content (AvgIpc) is 2.81. The molecule has 2 nitrogen and oxygen atoms in total.